The molecule has 6 amide bonds. The molecule has 1 aromatic rings. The summed E-state index contributed by atoms with van der Waals surface area (Å²) in [6.45, 7) is 7.78. The number of amides is 6. The van der Waals surface area contributed by atoms with Gasteiger partial charge in [-0.2, -0.15) is 0 Å². The molecule has 0 spiro atoms. The van der Waals surface area contributed by atoms with Crippen molar-refractivity contribution in [3.05, 3.63) is 29.8 Å². The highest BCUT2D eigenvalue weighted by molar-refractivity contribution is 5.96. The lowest BCUT2D eigenvalue weighted by Crippen LogP contribution is -2.60. The van der Waals surface area contributed by atoms with Gasteiger partial charge in [-0.1, -0.05) is 39.8 Å². The highest BCUT2D eigenvalue weighted by atomic mass is 16.4. The van der Waals surface area contributed by atoms with Crippen LogP contribution in [0.15, 0.2) is 24.3 Å². The molecule has 1 rings (SSSR count). The van der Waals surface area contributed by atoms with E-state index in [1.807, 2.05) is 0 Å². The van der Waals surface area contributed by atoms with Gasteiger partial charge < -0.3 is 59.7 Å². The predicted octanol–water partition coefficient (Wildman–Crippen LogP) is -1.39. The molecular formula is C36H61N9O9. The Hall–Kier alpha value is -4.81. The van der Waals surface area contributed by atoms with Gasteiger partial charge in [0.2, 0.25) is 35.4 Å². The van der Waals surface area contributed by atoms with E-state index in [0.717, 1.165) is 0 Å². The van der Waals surface area contributed by atoms with Crippen LogP contribution in [0.25, 0.3) is 0 Å². The van der Waals surface area contributed by atoms with Crippen molar-refractivity contribution in [1.29, 1.82) is 0 Å². The molecule has 0 aromatic heterocycles. The summed E-state index contributed by atoms with van der Waals surface area (Å²) in [4.78, 5) is 90.8. The number of rotatable bonds is 26. The molecule has 304 valence electrons. The monoisotopic (exact) mass is 763 g/mol. The molecule has 0 saturated heterocycles. The van der Waals surface area contributed by atoms with Crippen LogP contribution in [-0.4, -0.2) is 101 Å². The molecule has 18 heteroatoms. The molecule has 1 aromatic carbocycles. The van der Waals surface area contributed by atoms with Crippen molar-refractivity contribution in [2.45, 2.75) is 122 Å². The third kappa shape index (κ3) is 17.8. The van der Waals surface area contributed by atoms with Gasteiger partial charge in [0.15, 0.2) is 0 Å². The first-order valence-electron chi connectivity index (χ1n) is 18.4. The first kappa shape index (κ1) is 47.2. The first-order valence-corrected chi connectivity index (χ1v) is 18.4. The molecule has 0 heterocycles. The zero-order chi connectivity index (χ0) is 41.0. The lowest BCUT2D eigenvalue weighted by Gasteiger charge is -2.28. The number of carbonyl (C=O) groups is 7. The molecular weight excluding hydrogens is 702 g/mol. The van der Waals surface area contributed by atoms with Gasteiger partial charge in [0.1, 0.15) is 36.0 Å². The van der Waals surface area contributed by atoms with E-state index in [9.17, 15) is 43.8 Å². The fourth-order valence-corrected chi connectivity index (χ4v) is 5.36. The zero-order valence-corrected chi connectivity index (χ0v) is 31.8. The second-order valence-electron chi connectivity index (χ2n) is 14.2. The van der Waals surface area contributed by atoms with Gasteiger partial charge in [-0.3, -0.25) is 28.8 Å². The quantitative estimate of drug-likeness (QED) is 0.0486. The average molecular weight is 764 g/mol. The van der Waals surface area contributed by atoms with Gasteiger partial charge in [0.05, 0.1) is 12.5 Å². The lowest BCUT2D eigenvalue weighted by molar-refractivity contribution is -0.144. The molecule has 0 aliphatic rings. The van der Waals surface area contributed by atoms with Crippen LogP contribution >= 0.6 is 0 Å². The lowest BCUT2D eigenvalue weighted by atomic mass is 10.00. The van der Waals surface area contributed by atoms with Crippen LogP contribution in [0.4, 0.5) is 0 Å². The number of carboxylic acid groups (broad SMARTS) is 1. The van der Waals surface area contributed by atoms with E-state index in [1.165, 1.54) is 12.1 Å². The third-order valence-electron chi connectivity index (χ3n) is 8.55. The van der Waals surface area contributed by atoms with Crippen molar-refractivity contribution < 1.29 is 43.8 Å². The highest BCUT2D eigenvalue weighted by Gasteiger charge is 2.33. The van der Waals surface area contributed by atoms with Gasteiger partial charge in [0, 0.05) is 6.42 Å². The Bertz CT molecular complexity index is 1390. The zero-order valence-electron chi connectivity index (χ0n) is 31.8. The van der Waals surface area contributed by atoms with Gasteiger partial charge in [-0.05, 0) is 87.6 Å². The van der Waals surface area contributed by atoms with Crippen molar-refractivity contribution in [3.63, 3.8) is 0 Å². The number of hydrogen-bond donors (Lipinski definition) is 11. The molecule has 0 aliphatic heterocycles. The van der Waals surface area contributed by atoms with E-state index in [-0.39, 0.29) is 43.3 Å². The van der Waals surface area contributed by atoms with Gasteiger partial charge in [0.25, 0.3) is 0 Å². The summed E-state index contributed by atoms with van der Waals surface area (Å²) in [5.74, 6) is -6.45. The maximum Gasteiger partial charge on any atom is 0.326 e. The number of carbonyl (C=O) groups excluding carboxylic acids is 6. The van der Waals surface area contributed by atoms with Crippen LogP contribution < -0.4 is 49.5 Å². The number of phenolic OH excluding ortho intramolecular Hbond substituents is 1. The number of primary amides is 1. The molecule has 18 nitrogen and oxygen atoms in total. The van der Waals surface area contributed by atoms with Gasteiger partial charge in [-0.15, -0.1) is 0 Å². The maximum absolute atomic E-state index is 14.0. The number of hydrogen-bond acceptors (Lipinski definition) is 11. The minimum atomic E-state index is -1.64. The molecule has 0 fully saturated rings. The molecule has 15 N–H and O–H groups in total. The summed E-state index contributed by atoms with van der Waals surface area (Å²) in [7, 11) is 0. The summed E-state index contributed by atoms with van der Waals surface area (Å²) in [6.07, 6.45) is 1.68. The SMILES string of the molecule is CC(C)C[C@H](NC(=O)[C@H](Cc1ccc(O)cc1)NC(=O)[C@H](CCCCN)NC(=O)[C@H](CCCCN)NC(=O)[C@@H](N)C(C)C)C(=O)N[C@@H](CC(N)=O)C(=O)O. The van der Waals surface area contributed by atoms with Crippen LogP contribution in [0.3, 0.4) is 0 Å². The molecule has 0 bridgehead atoms. The number of unbranched alkanes of at least 4 members (excludes halogenated alkanes) is 2. The largest absolute Gasteiger partial charge is 0.508 e. The second kappa shape index (κ2) is 24.5. The number of nitrogens with one attached hydrogen (secondary N) is 5. The Balaban J connectivity index is 3.45. The fourth-order valence-electron chi connectivity index (χ4n) is 5.36. The Morgan fingerprint density at radius 2 is 1.06 bits per heavy atom. The minimum absolute atomic E-state index is 0.0356. The van der Waals surface area contributed by atoms with Crippen molar-refractivity contribution >= 4 is 41.4 Å². The summed E-state index contributed by atoms with van der Waals surface area (Å²) in [5, 5.41) is 32.3. The highest BCUT2D eigenvalue weighted by Crippen LogP contribution is 2.14. The molecule has 0 saturated carbocycles. The molecule has 0 unspecified atom stereocenters. The van der Waals surface area contributed by atoms with Crippen molar-refractivity contribution in [3.8, 4) is 5.75 Å². The van der Waals surface area contributed by atoms with Gasteiger partial charge >= 0.3 is 5.97 Å². The minimum Gasteiger partial charge on any atom is -0.508 e. The van der Waals surface area contributed by atoms with Crippen LogP contribution in [0, 0.1) is 11.8 Å². The number of nitrogens with two attached hydrogens (primary N) is 4. The van der Waals surface area contributed by atoms with E-state index < -0.39 is 84.1 Å². The number of carboxylic acids is 1. The van der Waals surface area contributed by atoms with Crippen LogP contribution in [-0.2, 0) is 40.0 Å². The second-order valence-corrected chi connectivity index (χ2v) is 14.2. The average Bonchev–Trinajstić information content (AvgIpc) is 3.09. The van der Waals surface area contributed by atoms with E-state index in [1.54, 1.807) is 39.8 Å². The summed E-state index contributed by atoms with van der Waals surface area (Å²) in [6, 6.07) is -1.46. The van der Waals surface area contributed by atoms with E-state index >= 15 is 0 Å². The summed E-state index contributed by atoms with van der Waals surface area (Å²) in [5.41, 5.74) is 23.0. The number of benzene rings is 1. The maximum atomic E-state index is 14.0. The van der Waals surface area contributed by atoms with Crippen LogP contribution in [0.5, 0.6) is 5.75 Å². The Labute approximate surface area is 316 Å². The first-order chi connectivity index (χ1) is 25.4. The summed E-state index contributed by atoms with van der Waals surface area (Å²) < 4.78 is 0. The smallest absolute Gasteiger partial charge is 0.326 e. The number of aliphatic carboxylic acids is 1. The molecule has 6 atom stereocenters. The van der Waals surface area contributed by atoms with Crippen molar-refractivity contribution in [2.75, 3.05) is 13.1 Å². The molecule has 0 aliphatic carbocycles. The third-order valence-corrected chi connectivity index (χ3v) is 8.55. The van der Waals surface area contributed by atoms with Gasteiger partial charge in [-0.25, -0.2) is 4.79 Å². The Morgan fingerprint density at radius 1 is 0.630 bits per heavy atom. The Morgan fingerprint density at radius 3 is 1.50 bits per heavy atom. The topological polar surface area (TPSA) is 324 Å². The normalized spacial score (nSPS) is 14.5. The number of phenols is 1. The molecule has 54 heavy (non-hydrogen) atoms. The standard InChI is InChI=1S/C36H61N9O9/c1-20(2)17-26(33(50)45-28(36(53)54)19-29(39)47)43-34(51)27(18-22-11-13-23(46)14-12-22)44-32(49)24(9-5-7-15-37)41-31(48)25(10-6-8-16-38)42-35(52)30(40)21(3)4/h11-14,20-21,24-28,30,46H,5-10,15-19,37-38,40H2,1-4H3,(H2,39,47)(H,41,48)(H,42,52)(H,43,51)(H,44,49)(H,45,50)(H,53,54)/t24-,25-,26-,27-,28-,30-/m0/s1. The Kier molecular flexibility index (Phi) is 21.4. The van der Waals surface area contributed by atoms with E-state index in [0.29, 0.717) is 44.3 Å². The predicted molar refractivity (Wildman–Crippen MR) is 201 cm³/mol. The van der Waals surface area contributed by atoms with E-state index in [4.69, 9.17) is 22.9 Å². The molecule has 0 radical (unpaired) electrons. The van der Waals surface area contributed by atoms with Crippen molar-refractivity contribution in [2.24, 2.45) is 34.8 Å². The fraction of sp³-hybridized carbons (Fsp3) is 0.639. The van der Waals surface area contributed by atoms with E-state index in [2.05, 4.69) is 26.6 Å². The van der Waals surface area contributed by atoms with Crippen molar-refractivity contribution in [1.82, 2.24) is 26.6 Å². The van der Waals surface area contributed by atoms with Crippen LogP contribution in [0.2, 0.25) is 0 Å². The van der Waals surface area contributed by atoms with Crippen LogP contribution in [0.1, 0.15) is 84.6 Å². The summed E-state index contributed by atoms with van der Waals surface area (Å²) >= 11 is 0. The number of aromatic hydroxyl groups is 1.